The van der Waals surface area contributed by atoms with Gasteiger partial charge in [0.2, 0.25) is 29.1 Å². The molecule has 0 aliphatic rings. The highest BCUT2D eigenvalue weighted by Gasteiger charge is 2.30. The van der Waals surface area contributed by atoms with Crippen LogP contribution in [-0.4, -0.2) is 24.4 Å². The minimum atomic E-state index is -2.31. The highest BCUT2D eigenvalue weighted by molar-refractivity contribution is 6.35. The van der Waals surface area contributed by atoms with Crippen LogP contribution in [0.5, 0.6) is 5.75 Å². The third-order valence-corrected chi connectivity index (χ3v) is 2.37. The quantitative estimate of drug-likeness (QED) is 0.400. The Morgan fingerprint density at radius 3 is 1.96 bits per heavy atom. The molecule has 11 heteroatoms. The molecule has 0 aliphatic carbocycles. The molecule has 2 aromatic rings. The number of benzene rings is 1. The molecule has 0 bridgehead atoms. The second kappa shape index (κ2) is 8.80. The molecule has 24 heavy (non-hydrogen) atoms. The second-order valence-corrected chi connectivity index (χ2v) is 3.89. The molecule has 0 saturated heterocycles. The Labute approximate surface area is 133 Å². The number of rotatable bonds is 3. The minimum Gasteiger partial charge on any atom is -0.507 e. The Bertz CT molecular complexity index is 714. The summed E-state index contributed by atoms with van der Waals surface area (Å²) in [6.45, 7) is 0. The van der Waals surface area contributed by atoms with Crippen molar-refractivity contribution in [2.45, 2.75) is 0 Å². The zero-order valence-corrected chi connectivity index (χ0v) is 11.9. The molecule has 1 N–H and O–H groups in total. The van der Waals surface area contributed by atoms with E-state index in [1.165, 1.54) is 0 Å². The summed E-state index contributed by atoms with van der Waals surface area (Å²) in [7, 11) is -1.25. The molecule has 1 aromatic carbocycles. The Morgan fingerprint density at radius 1 is 1.04 bits per heavy atom. The predicted molar refractivity (Wildman–Crippen MR) is 70.8 cm³/mol. The van der Waals surface area contributed by atoms with Crippen LogP contribution < -0.4 is 4.65 Å². The Kier molecular flexibility index (Phi) is 7.10. The van der Waals surface area contributed by atoms with E-state index >= 15 is 0 Å². The van der Waals surface area contributed by atoms with Gasteiger partial charge in [0.1, 0.15) is 11.8 Å². The summed E-state index contributed by atoms with van der Waals surface area (Å²) in [5, 5.41) is 16.9. The number of halogens is 5. The van der Waals surface area contributed by atoms with Gasteiger partial charge < -0.3 is 14.3 Å². The van der Waals surface area contributed by atoms with Crippen molar-refractivity contribution < 1.29 is 36.3 Å². The van der Waals surface area contributed by atoms with Gasteiger partial charge in [-0.1, -0.05) is 6.07 Å². The van der Waals surface area contributed by atoms with Crippen LogP contribution in [0.2, 0.25) is 0 Å². The summed E-state index contributed by atoms with van der Waals surface area (Å²) in [4.78, 5) is 3.74. The van der Waals surface area contributed by atoms with E-state index in [-0.39, 0.29) is 0 Å². The van der Waals surface area contributed by atoms with Crippen LogP contribution in [0.3, 0.4) is 0 Å². The summed E-state index contributed by atoms with van der Waals surface area (Å²) >= 11 is 0. The van der Waals surface area contributed by atoms with Crippen molar-refractivity contribution in [2.24, 2.45) is 0 Å². The van der Waals surface area contributed by atoms with E-state index in [4.69, 9.17) is 10.3 Å². The Morgan fingerprint density at radius 2 is 1.58 bits per heavy atom. The summed E-state index contributed by atoms with van der Waals surface area (Å²) in [6.07, 6.45) is 1.60. The summed E-state index contributed by atoms with van der Waals surface area (Å²) in [5.74, 6) is -12.6. The van der Waals surface area contributed by atoms with Crippen molar-refractivity contribution in [1.29, 1.82) is 5.26 Å². The van der Waals surface area contributed by atoms with Crippen LogP contribution in [0.1, 0.15) is 5.69 Å². The number of aromatic nitrogens is 1. The highest BCUT2D eigenvalue weighted by atomic mass is 19.2. The molecular weight excluding hydrogens is 338 g/mol. The normalized spacial score (nSPS) is 9.58. The topological polar surface area (TPSA) is 75.4 Å². The first-order valence-electron chi connectivity index (χ1n) is 6.03. The minimum absolute atomic E-state index is 0.465. The van der Waals surface area contributed by atoms with Gasteiger partial charge in [-0.25, -0.2) is 18.2 Å². The van der Waals surface area contributed by atoms with Crippen LogP contribution in [-0.2, 0) is 4.65 Å². The average Bonchev–Trinajstić information content (AvgIpc) is 2.62. The number of hydrogen-bond acceptors (Lipinski definition) is 5. The fourth-order valence-corrected chi connectivity index (χ4v) is 1.27. The predicted octanol–water partition coefficient (Wildman–Crippen LogP) is 2.34. The number of pyridine rings is 1. The van der Waals surface area contributed by atoms with Crippen molar-refractivity contribution >= 4 is 7.32 Å². The van der Waals surface area contributed by atoms with Crippen molar-refractivity contribution in [3.8, 4) is 11.8 Å². The van der Waals surface area contributed by atoms with Crippen LogP contribution in [0, 0.1) is 40.4 Å². The van der Waals surface area contributed by atoms with Gasteiger partial charge in [0.05, 0.1) is 0 Å². The van der Waals surface area contributed by atoms with Crippen LogP contribution >= 0.6 is 0 Å². The molecule has 0 amide bonds. The van der Waals surface area contributed by atoms with Gasteiger partial charge in [0.25, 0.3) is 0 Å². The molecular formula is C13H8BF5N2O3. The van der Waals surface area contributed by atoms with Gasteiger partial charge in [0.15, 0.2) is 5.75 Å². The van der Waals surface area contributed by atoms with Gasteiger partial charge in [0, 0.05) is 13.3 Å². The smallest absolute Gasteiger partial charge is 0.507 e. The summed E-state index contributed by atoms with van der Waals surface area (Å²) in [5.41, 5.74) is 0.465. The lowest BCUT2D eigenvalue weighted by atomic mass is 10.2. The first kappa shape index (κ1) is 19.3. The summed E-state index contributed by atoms with van der Waals surface area (Å²) in [6, 6.07) is 7.14. The third-order valence-electron chi connectivity index (χ3n) is 2.37. The molecule has 126 valence electrons. The van der Waals surface area contributed by atoms with Crippen molar-refractivity contribution in [3.63, 3.8) is 0 Å². The van der Waals surface area contributed by atoms with Crippen LogP contribution in [0.25, 0.3) is 0 Å². The number of nitriles is 1. The van der Waals surface area contributed by atoms with E-state index < -0.39 is 42.2 Å². The number of nitrogens with zero attached hydrogens (tertiary/aromatic N) is 2. The maximum atomic E-state index is 12.9. The molecule has 0 fully saturated rings. The molecule has 1 heterocycles. The van der Waals surface area contributed by atoms with Gasteiger partial charge >= 0.3 is 7.32 Å². The molecule has 0 saturated carbocycles. The number of hydrogen-bond donors (Lipinski definition) is 1. The first-order valence-corrected chi connectivity index (χ1v) is 6.03. The van der Waals surface area contributed by atoms with Crippen molar-refractivity contribution in [2.75, 3.05) is 7.11 Å². The fraction of sp³-hybridized carbons (Fsp3) is 0.0769. The lowest BCUT2D eigenvalue weighted by Gasteiger charge is -2.10. The van der Waals surface area contributed by atoms with Crippen molar-refractivity contribution in [1.82, 2.24) is 4.98 Å². The maximum absolute atomic E-state index is 12.9. The average molecular weight is 346 g/mol. The molecule has 2 rings (SSSR count). The fourth-order valence-electron chi connectivity index (χ4n) is 1.27. The second-order valence-electron chi connectivity index (χ2n) is 3.89. The largest absolute Gasteiger partial charge is 0.710 e. The molecule has 0 spiro atoms. The monoisotopic (exact) mass is 346 g/mol. The van der Waals surface area contributed by atoms with E-state index in [0.29, 0.717) is 5.69 Å². The zero-order chi connectivity index (χ0) is 18.3. The van der Waals surface area contributed by atoms with E-state index in [9.17, 15) is 22.0 Å². The van der Waals surface area contributed by atoms with E-state index in [1.807, 2.05) is 6.07 Å². The van der Waals surface area contributed by atoms with Gasteiger partial charge in [-0.15, -0.1) is 0 Å². The Balaban J connectivity index is 0.000000300. The summed E-state index contributed by atoms with van der Waals surface area (Å²) < 4.78 is 71.5. The first-order chi connectivity index (χ1) is 11.3. The molecule has 1 aromatic heterocycles. The SMILES string of the molecule is COB(O)Oc1c(F)c(F)c(F)c(F)c1F.N#Cc1ccccn1. The zero-order valence-electron chi connectivity index (χ0n) is 11.9. The Hall–Kier alpha value is -2.71. The molecule has 0 aliphatic heterocycles. The van der Waals surface area contributed by atoms with E-state index in [0.717, 1.165) is 7.11 Å². The standard InChI is InChI=1S/C7H4BF5O3.C6H4N2/c1-15-8(14)16-7-5(12)3(10)2(9)4(11)6(7)13;7-5-6-3-1-2-4-8-6/h14H,1H3;1-4H. The van der Waals surface area contributed by atoms with Crippen molar-refractivity contribution in [3.05, 3.63) is 59.2 Å². The molecule has 0 unspecified atom stereocenters. The third kappa shape index (κ3) is 4.64. The molecule has 0 radical (unpaired) electrons. The van der Waals surface area contributed by atoms with E-state index in [2.05, 4.69) is 14.3 Å². The van der Waals surface area contributed by atoms with Gasteiger partial charge in [-0.2, -0.15) is 14.0 Å². The van der Waals surface area contributed by atoms with Gasteiger partial charge in [-0.05, 0) is 12.1 Å². The molecule has 5 nitrogen and oxygen atoms in total. The van der Waals surface area contributed by atoms with Gasteiger partial charge in [-0.3, -0.25) is 0 Å². The maximum Gasteiger partial charge on any atom is 0.710 e. The van der Waals surface area contributed by atoms with Crippen LogP contribution in [0.15, 0.2) is 24.4 Å². The van der Waals surface area contributed by atoms with Crippen LogP contribution in [0.4, 0.5) is 22.0 Å². The lowest BCUT2D eigenvalue weighted by Crippen LogP contribution is -2.26. The molecule has 0 atom stereocenters. The van der Waals surface area contributed by atoms with E-state index in [1.54, 1.807) is 24.4 Å². The highest BCUT2D eigenvalue weighted by Crippen LogP contribution is 2.29. The lowest BCUT2D eigenvalue weighted by molar-refractivity contribution is 0.224.